The van der Waals surface area contributed by atoms with Gasteiger partial charge in [-0.3, -0.25) is 8.98 Å². The molecular weight excluding hydrogens is 234 g/mol. The average molecular weight is 253 g/mol. The fourth-order valence-corrected chi connectivity index (χ4v) is 1.91. The highest BCUT2D eigenvalue weighted by Crippen LogP contribution is 2.15. The number of carbonyl (C=O) groups is 1. The van der Waals surface area contributed by atoms with E-state index in [1.165, 1.54) is 0 Å². The Hall–Kier alpha value is -0.660. The van der Waals surface area contributed by atoms with Gasteiger partial charge in [0.15, 0.2) is 0 Å². The number of hydrogen-bond donors (Lipinski definition) is 2. The molecule has 0 rings (SSSR count). The molecular formula is C9H19NO5S. The van der Waals surface area contributed by atoms with Crippen LogP contribution in [0.5, 0.6) is 0 Å². The van der Waals surface area contributed by atoms with E-state index in [1.54, 1.807) is 0 Å². The highest BCUT2D eigenvalue weighted by molar-refractivity contribution is 7.86. The Balaban J connectivity index is 4.12. The zero-order valence-electron chi connectivity index (χ0n) is 9.76. The van der Waals surface area contributed by atoms with Crippen LogP contribution in [-0.4, -0.2) is 37.9 Å². The molecule has 96 valence electrons. The maximum Gasteiger partial charge on any atom is 0.320 e. The summed E-state index contributed by atoms with van der Waals surface area (Å²) in [5, 5.41) is 8.48. The summed E-state index contributed by atoms with van der Waals surface area (Å²) < 4.78 is 27.4. The molecule has 0 radical (unpaired) electrons. The van der Waals surface area contributed by atoms with Gasteiger partial charge in [-0.15, -0.1) is 0 Å². The van der Waals surface area contributed by atoms with Crippen LogP contribution in [-0.2, 0) is 19.1 Å². The van der Waals surface area contributed by atoms with Crippen molar-refractivity contribution in [2.75, 3.05) is 12.4 Å². The summed E-state index contributed by atoms with van der Waals surface area (Å²) in [6.45, 7) is 5.58. The highest BCUT2D eigenvalue weighted by atomic mass is 32.2. The lowest BCUT2D eigenvalue weighted by Gasteiger charge is -2.17. The molecule has 3 N–H and O–H groups in total. The minimum atomic E-state index is -3.69. The monoisotopic (exact) mass is 253 g/mol. The first-order valence-electron chi connectivity index (χ1n) is 4.89. The molecule has 0 heterocycles. The molecule has 0 unspecified atom stereocenters. The van der Waals surface area contributed by atoms with Gasteiger partial charge < -0.3 is 10.8 Å². The second-order valence-corrected chi connectivity index (χ2v) is 6.58. The van der Waals surface area contributed by atoms with E-state index in [2.05, 4.69) is 0 Å². The second kappa shape index (κ2) is 5.60. The van der Waals surface area contributed by atoms with Crippen LogP contribution >= 0.6 is 0 Å². The Morgan fingerprint density at radius 3 is 2.31 bits per heavy atom. The van der Waals surface area contributed by atoms with Crippen molar-refractivity contribution in [2.45, 2.75) is 33.2 Å². The predicted octanol–water partition coefficient (Wildman–Crippen LogP) is 0.181. The van der Waals surface area contributed by atoms with Crippen molar-refractivity contribution < 1.29 is 22.5 Å². The van der Waals surface area contributed by atoms with Crippen LogP contribution in [0.4, 0.5) is 0 Å². The maximum absolute atomic E-state index is 11.3. The normalized spacial score (nSPS) is 14.8. The van der Waals surface area contributed by atoms with Crippen molar-refractivity contribution >= 4 is 16.1 Å². The molecule has 0 aliphatic rings. The van der Waals surface area contributed by atoms with Gasteiger partial charge in [-0.25, -0.2) is 0 Å². The third-order valence-electron chi connectivity index (χ3n) is 1.67. The molecule has 0 aliphatic carbocycles. The number of hydrogen-bond acceptors (Lipinski definition) is 5. The molecule has 0 spiro atoms. The first-order valence-corrected chi connectivity index (χ1v) is 6.47. The first-order chi connectivity index (χ1) is 7.03. The molecule has 0 aromatic rings. The summed E-state index contributed by atoms with van der Waals surface area (Å²) in [5.41, 5.74) is 4.92. The molecule has 0 aromatic carbocycles. The molecule has 0 fully saturated rings. The summed E-state index contributed by atoms with van der Waals surface area (Å²) in [7, 11) is -3.69. The molecule has 0 amide bonds. The molecule has 7 heteroatoms. The van der Waals surface area contributed by atoms with Crippen molar-refractivity contribution in [2.24, 2.45) is 11.1 Å². The van der Waals surface area contributed by atoms with E-state index < -0.39 is 22.1 Å². The van der Waals surface area contributed by atoms with Gasteiger partial charge in [-0.05, 0) is 11.8 Å². The number of nitrogens with two attached hydrogens (primary N) is 1. The van der Waals surface area contributed by atoms with E-state index in [4.69, 9.17) is 15.0 Å². The Labute approximate surface area is 95.9 Å². The van der Waals surface area contributed by atoms with Crippen molar-refractivity contribution in [1.82, 2.24) is 0 Å². The van der Waals surface area contributed by atoms with Gasteiger partial charge in [-0.2, -0.15) is 8.42 Å². The van der Waals surface area contributed by atoms with Crippen molar-refractivity contribution in [3.63, 3.8) is 0 Å². The minimum absolute atomic E-state index is 0.0671. The third kappa shape index (κ3) is 7.61. The lowest BCUT2D eigenvalue weighted by Crippen LogP contribution is -2.32. The van der Waals surface area contributed by atoms with Gasteiger partial charge in [0, 0.05) is 0 Å². The van der Waals surface area contributed by atoms with E-state index in [9.17, 15) is 13.2 Å². The van der Waals surface area contributed by atoms with Gasteiger partial charge in [-0.1, -0.05) is 20.8 Å². The van der Waals surface area contributed by atoms with Crippen molar-refractivity contribution in [3.8, 4) is 0 Å². The molecule has 0 saturated heterocycles. The van der Waals surface area contributed by atoms with E-state index in [0.717, 1.165) is 0 Å². The van der Waals surface area contributed by atoms with Crippen LogP contribution in [0.2, 0.25) is 0 Å². The van der Waals surface area contributed by atoms with Gasteiger partial charge in [0.05, 0.1) is 12.4 Å². The van der Waals surface area contributed by atoms with Crippen LogP contribution in [0.15, 0.2) is 0 Å². The highest BCUT2D eigenvalue weighted by Gasteiger charge is 2.20. The van der Waals surface area contributed by atoms with Crippen molar-refractivity contribution in [3.05, 3.63) is 0 Å². The lowest BCUT2D eigenvalue weighted by atomic mass is 9.99. The van der Waals surface area contributed by atoms with Gasteiger partial charge in [0.25, 0.3) is 10.1 Å². The largest absolute Gasteiger partial charge is 0.480 e. The maximum atomic E-state index is 11.3. The SMILES string of the molecule is CC(C)(C)COS(=O)(=O)CC[C@H](N)C(=O)O. The van der Waals surface area contributed by atoms with Crippen molar-refractivity contribution in [1.29, 1.82) is 0 Å². The molecule has 0 aromatic heterocycles. The van der Waals surface area contributed by atoms with Crippen LogP contribution in [0.25, 0.3) is 0 Å². The Morgan fingerprint density at radius 1 is 1.44 bits per heavy atom. The van der Waals surface area contributed by atoms with Crippen LogP contribution in [0.1, 0.15) is 27.2 Å². The van der Waals surface area contributed by atoms with Crippen LogP contribution in [0.3, 0.4) is 0 Å². The zero-order chi connectivity index (χ0) is 13.0. The smallest absolute Gasteiger partial charge is 0.320 e. The summed E-state index contributed by atoms with van der Waals surface area (Å²) >= 11 is 0. The third-order valence-corrected chi connectivity index (χ3v) is 2.88. The Kier molecular flexibility index (Phi) is 5.37. The Bertz CT molecular complexity index is 330. The second-order valence-electron chi connectivity index (χ2n) is 4.82. The predicted molar refractivity (Wildman–Crippen MR) is 59.4 cm³/mol. The standard InChI is InChI=1S/C9H19NO5S/c1-9(2,3)6-15-16(13,14)5-4-7(10)8(11)12/h7H,4-6,10H2,1-3H3,(H,11,12)/t7-/m0/s1. The minimum Gasteiger partial charge on any atom is -0.480 e. The number of carboxylic acid groups (broad SMARTS) is 1. The van der Waals surface area contributed by atoms with E-state index >= 15 is 0 Å². The quantitative estimate of drug-likeness (QED) is 0.654. The summed E-state index contributed by atoms with van der Waals surface area (Å²) in [6.07, 6.45) is -0.151. The topological polar surface area (TPSA) is 107 Å². The first kappa shape index (κ1) is 15.3. The van der Waals surface area contributed by atoms with Gasteiger partial charge >= 0.3 is 5.97 Å². The fourth-order valence-electron chi connectivity index (χ4n) is 0.720. The molecule has 1 atom stereocenters. The van der Waals surface area contributed by atoms with E-state index in [1.807, 2.05) is 20.8 Å². The van der Waals surface area contributed by atoms with Crippen LogP contribution < -0.4 is 5.73 Å². The molecule has 0 bridgehead atoms. The molecule has 6 nitrogen and oxygen atoms in total. The summed E-state index contributed by atoms with van der Waals surface area (Å²) in [4.78, 5) is 10.4. The summed E-state index contributed by atoms with van der Waals surface area (Å²) in [6, 6.07) is -1.17. The Morgan fingerprint density at radius 2 is 1.94 bits per heavy atom. The lowest BCUT2D eigenvalue weighted by molar-refractivity contribution is -0.138. The molecule has 16 heavy (non-hydrogen) atoms. The van der Waals surface area contributed by atoms with E-state index in [-0.39, 0.29) is 24.2 Å². The van der Waals surface area contributed by atoms with Gasteiger partial charge in [0.1, 0.15) is 6.04 Å². The number of aliphatic carboxylic acids is 1. The number of carboxylic acids is 1. The summed E-state index contributed by atoms with van der Waals surface area (Å²) in [5.74, 6) is -1.60. The van der Waals surface area contributed by atoms with Gasteiger partial charge in [0.2, 0.25) is 0 Å². The average Bonchev–Trinajstić information content (AvgIpc) is 2.10. The molecule has 0 aliphatic heterocycles. The van der Waals surface area contributed by atoms with E-state index in [0.29, 0.717) is 0 Å². The fraction of sp³-hybridized carbons (Fsp3) is 0.889. The van der Waals surface area contributed by atoms with Crippen LogP contribution in [0, 0.1) is 5.41 Å². The zero-order valence-corrected chi connectivity index (χ0v) is 10.6. The number of rotatable bonds is 6. The molecule has 0 saturated carbocycles.